The fourth-order valence-electron chi connectivity index (χ4n) is 1.76. The minimum absolute atomic E-state index is 0.396. The standard InChI is InChI=1S/C16H13ClN2O/c1-2-11-4-3-5-14(8-11)19-10-13-7-6-12(16(18)20)9-15(13)17/h1,3-9,19H,10H2,(H2,18,20). The van der Waals surface area contributed by atoms with Crippen LogP contribution in [0.4, 0.5) is 5.69 Å². The molecule has 100 valence electrons. The summed E-state index contributed by atoms with van der Waals surface area (Å²) in [5.41, 5.74) is 8.19. The van der Waals surface area contributed by atoms with Gasteiger partial charge in [0.15, 0.2) is 0 Å². The topological polar surface area (TPSA) is 55.1 Å². The van der Waals surface area contributed by atoms with Crippen LogP contribution in [-0.2, 0) is 6.54 Å². The van der Waals surface area contributed by atoms with E-state index in [0.29, 0.717) is 17.1 Å². The van der Waals surface area contributed by atoms with E-state index in [2.05, 4.69) is 11.2 Å². The number of hydrogen-bond acceptors (Lipinski definition) is 2. The number of carbonyl (C=O) groups is 1. The highest BCUT2D eigenvalue weighted by Crippen LogP contribution is 2.19. The molecule has 0 saturated heterocycles. The summed E-state index contributed by atoms with van der Waals surface area (Å²) in [5, 5.41) is 3.73. The molecule has 3 nitrogen and oxygen atoms in total. The van der Waals surface area contributed by atoms with Gasteiger partial charge < -0.3 is 11.1 Å². The van der Waals surface area contributed by atoms with Crippen LogP contribution in [0.3, 0.4) is 0 Å². The molecule has 0 aliphatic rings. The van der Waals surface area contributed by atoms with Gasteiger partial charge in [-0.1, -0.05) is 29.7 Å². The van der Waals surface area contributed by atoms with Crippen LogP contribution < -0.4 is 11.1 Å². The molecule has 1 amide bonds. The van der Waals surface area contributed by atoms with Gasteiger partial charge in [0, 0.05) is 28.4 Å². The maximum Gasteiger partial charge on any atom is 0.248 e. The Morgan fingerprint density at radius 3 is 2.75 bits per heavy atom. The quantitative estimate of drug-likeness (QED) is 0.848. The third-order valence-corrected chi connectivity index (χ3v) is 3.20. The van der Waals surface area contributed by atoms with Crippen molar-refractivity contribution in [3.8, 4) is 12.3 Å². The van der Waals surface area contributed by atoms with Gasteiger partial charge in [0.25, 0.3) is 0 Å². The van der Waals surface area contributed by atoms with Crippen LogP contribution in [0.5, 0.6) is 0 Å². The molecule has 0 atom stereocenters. The highest BCUT2D eigenvalue weighted by molar-refractivity contribution is 6.31. The van der Waals surface area contributed by atoms with Crippen molar-refractivity contribution in [2.75, 3.05) is 5.32 Å². The molecule has 0 aromatic heterocycles. The third kappa shape index (κ3) is 3.31. The number of nitrogens with one attached hydrogen (secondary N) is 1. The zero-order valence-electron chi connectivity index (χ0n) is 10.7. The average Bonchev–Trinajstić information content (AvgIpc) is 2.46. The molecule has 0 fully saturated rings. The maximum atomic E-state index is 11.0. The van der Waals surface area contributed by atoms with Crippen molar-refractivity contribution >= 4 is 23.2 Å². The molecule has 0 aliphatic heterocycles. The Hall–Kier alpha value is -2.44. The average molecular weight is 285 g/mol. The Morgan fingerprint density at radius 1 is 1.30 bits per heavy atom. The van der Waals surface area contributed by atoms with Crippen LogP contribution in [-0.4, -0.2) is 5.91 Å². The van der Waals surface area contributed by atoms with Crippen LogP contribution in [0, 0.1) is 12.3 Å². The van der Waals surface area contributed by atoms with Crippen molar-refractivity contribution in [1.82, 2.24) is 0 Å². The molecular weight excluding hydrogens is 272 g/mol. The molecule has 2 aromatic carbocycles. The number of rotatable bonds is 4. The summed E-state index contributed by atoms with van der Waals surface area (Å²) < 4.78 is 0. The first-order valence-electron chi connectivity index (χ1n) is 5.99. The summed E-state index contributed by atoms with van der Waals surface area (Å²) in [6, 6.07) is 12.6. The van der Waals surface area contributed by atoms with Gasteiger partial charge in [0.05, 0.1) is 0 Å². The van der Waals surface area contributed by atoms with Crippen LogP contribution in [0.2, 0.25) is 5.02 Å². The zero-order chi connectivity index (χ0) is 14.5. The largest absolute Gasteiger partial charge is 0.381 e. The molecule has 0 unspecified atom stereocenters. The van der Waals surface area contributed by atoms with Gasteiger partial charge in [-0.05, 0) is 35.9 Å². The van der Waals surface area contributed by atoms with E-state index >= 15 is 0 Å². The number of primary amides is 1. The zero-order valence-corrected chi connectivity index (χ0v) is 11.4. The van der Waals surface area contributed by atoms with E-state index in [1.165, 1.54) is 0 Å². The smallest absolute Gasteiger partial charge is 0.248 e. The first-order chi connectivity index (χ1) is 9.60. The lowest BCUT2D eigenvalue weighted by atomic mass is 10.1. The van der Waals surface area contributed by atoms with Crippen molar-refractivity contribution < 1.29 is 4.79 Å². The van der Waals surface area contributed by atoms with Crippen molar-refractivity contribution in [3.05, 3.63) is 64.2 Å². The SMILES string of the molecule is C#Cc1cccc(NCc2ccc(C(N)=O)cc2Cl)c1. The number of terminal acetylenes is 1. The number of carbonyl (C=O) groups excluding carboxylic acids is 1. The van der Waals surface area contributed by atoms with Gasteiger partial charge in [0.2, 0.25) is 5.91 Å². The lowest BCUT2D eigenvalue weighted by Crippen LogP contribution is -2.11. The normalized spacial score (nSPS) is 9.80. The fourth-order valence-corrected chi connectivity index (χ4v) is 2.01. The van der Waals surface area contributed by atoms with E-state index in [9.17, 15) is 4.79 Å². The minimum Gasteiger partial charge on any atom is -0.381 e. The summed E-state index contributed by atoms with van der Waals surface area (Å²) in [7, 11) is 0. The molecule has 4 heteroatoms. The molecule has 0 heterocycles. The van der Waals surface area contributed by atoms with Gasteiger partial charge in [-0.15, -0.1) is 6.42 Å². The number of halogens is 1. The van der Waals surface area contributed by atoms with E-state index in [-0.39, 0.29) is 0 Å². The molecule has 0 bridgehead atoms. The molecule has 0 aliphatic carbocycles. The molecule has 2 rings (SSSR count). The van der Waals surface area contributed by atoms with Gasteiger partial charge in [-0.3, -0.25) is 4.79 Å². The molecule has 3 N–H and O–H groups in total. The molecule has 0 spiro atoms. The van der Waals surface area contributed by atoms with Crippen LogP contribution in [0.25, 0.3) is 0 Å². The number of amides is 1. The fraction of sp³-hybridized carbons (Fsp3) is 0.0625. The monoisotopic (exact) mass is 284 g/mol. The summed E-state index contributed by atoms with van der Waals surface area (Å²) >= 11 is 6.12. The Bertz CT molecular complexity index is 689. The van der Waals surface area contributed by atoms with Gasteiger partial charge >= 0.3 is 0 Å². The second-order valence-corrected chi connectivity index (χ2v) is 4.66. The Kier molecular flexibility index (Phi) is 4.29. The Balaban J connectivity index is 2.11. The maximum absolute atomic E-state index is 11.0. The van der Waals surface area contributed by atoms with Crippen LogP contribution in [0.15, 0.2) is 42.5 Å². The molecule has 20 heavy (non-hydrogen) atoms. The summed E-state index contributed by atoms with van der Waals surface area (Å²) in [4.78, 5) is 11.0. The van der Waals surface area contributed by atoms with E-state index in [1.54, 1.807) is 18.2 Å². The van der Waals surface area contributed by atoms with Gasteiger partial charge in [0.1, 0.15) is 0 Å². The first kappa shape index (κ1) is 14.0. The van der Waals surface area contributed by atoms with Crippen molar-refractivity contribution in [2.24, 2.45) is 5.73 Å². The summed E-state index contributed by atoms with van der Waals surface area (Å²) in [5.74, 6) is 2.09. The van der Waals surface area contributed by atoms with E-state index in [1.807, 2.05) is 24.3 Å². The number of nitrogens with two attached hydrogens (primary N) is 1. The van der Waals surface area contributed by atoms with E-state index < -0.39 is 5.91 Å². The van der Waals surface area contributed by atoms with Gasteiger partial charge in [-0.2, -0.15) is 0 Å². The van der Waals surface area contributed by atoms with E-state index in [4.69, 9.17) is 23.8 Å². The van der Waals surface area contributed by atoms with Crippen molar-refractivity contribution in [1.29, 1.82) is 0 Å². The highest BCUT2D eigenvalue weighted by Gasteiger charge is 2.05. The van der Waals surface area contributed by atoms with E-state index in [0.717, 1.165) is 16.8 Å². The molecular formula is C16H13ClN2O. The van der Waals surface area contributed by atoms with Crippen LogP contribution in [0.1, 0.15) is 21.5 Å². The lowest BCUT2D eigenvalue weighted by molar-refractivity contribution is 0.100. The summed E-state index contributed by atoms with van der Waals surface area (Å²) in [6.45, 7) is 0.534. The number of hydrogen-bond donors (Lipinski definition) is 2. The summed E-state index contributed by atoms with van der Waals surface area (Å²) in [6.07, 6.45) is 5.35. The predicted octanol–water partition coefficient (Wildman–Crippen LogP) is 3.03. The second-order valence-electron chi connectivity index (χ2n) is 4.25. The van der Waals surface area contributed by atoms with Gasteiger partial charge in [-0.25, -0.2) is 0 Å². The second kappa shape index (κ2) is 6.14. The molecule has 0 radical (unpaired) electrons. The molecule has 0 saturated carbocycles. The van der Waals surface area contributed by atoms with Crippen molar-refractivity contribution in [2.45, 2.75) is 6.54 Å². The first-order valence-corrected chi connectivity index (χ1v) is 6.36. The van der Waals surface area contributed by atoms with Crippen LogP contribution >= 0.6 is 11.6 Å². The lowest BCUT2D eigenvalue weighted by Gasteiger charge is -2.09. The number of benzene rings is 2. The minimum atomic E-state index is -0.492. The Morgan fingerprint density at radius 2 is 2.10 bits per heavy atom. The third-order valence-electron chi connectivity index (χ3n) is 2.85. The highest BCUT2D eigenvalue weighted by atomic mass is 35.5. The number of anilines is 1. The van der Waals surface area contributed by atoms with Crippen molar-refractivity contribution in [3.63, 3.8) is 0 Å². The Labute approximate surface area is 122 Å². The predicted molar refractivity (Wildman–Crippen MR) is 81.7 cm³/mol. The molecule has 2 aromatic rings.